The quantitative estimate of drug-likeness (QED) is 0.371. The summed E-state index contributed by atoms with van der Waals surface area (Å²) in [5, 5.41) is 7.99. The number of methoxy groups -OCH3 is 1. The van der Waals surface area contributed by atoms with Crippen LogP contribution in [0.3, 0.4) is 0 Å². The molecule has 1 amide bonds. The summed E-state index contributed by atoms with van der Waals surface area (Å²) >= 11 is 8.57. The maximum absolute atomic E-state index is 12.3. The number of carbonyl (C=O) groups is 1. The molecular formula is C27H30ClN7O2S. The van der Waals surface area contributed by atoms with Crippen molar-refractivity contribution in [3.63, 3.8) is 0 Å². The number of ether oxygens (including phenoxy) is 1. The van der Waals surface area contributed by atoms with E-state index in [4.69, 9.17) is 32.0 Å². The molecule has 0 bridgehead atoms. The number of nitrogens with one attached hydrogen (secondary N) is 1. The van der Waals surface area contributed by atoms with Gasteiger partial charge in [-0.05, 0) is 38.0 Å². The van der Waals surface area contributed by atoms with Crippen LogP contribution < -0.4 is 20.7 Å². The van der Waals surface area contributed by atoms with Gasteiger partial charge in [-0.2, -0.15) is 15.1 Å². The van der Waals surface area contributed by atoms with E-state index in [0.717, 1.165) is 64.7 Å². The number of thioether (sulfide) groups is 1. The van der Waals surface area contributed by atoms with Gasteiger partial charge in [-0.25, -0.2) is 0 Å². The van der Waals surface area contributed by atoms with Gasteiger partial charge < -0.3 is 20.7 Å². The van der Waals surface area contributed by atoms with E-state index in [1.165, 1.54) is 0 Å². The fraction of sp³-hybridized carbons (Fsp3) is 0.407. The first-order chi connectivity index (χ1) is 18.3. The highest BCUT2D eigenvalue weighted by molar-refractivity contribution is 7.98. The fourth-order valence-corrected chi connectivity index (χ4v) is 6.73. The predicted octanol–water partition coefficient (Wildman–Crippen LogP) is 3.90. The Balaban J connectivity index is 1.51. The van der Waals surface area contributed by atoms with Gasteiger partial charge in [-0.3, -0.25) is 9.48 Å². The summed E-state index contributed by atoms with van der Waals surface area (Å²) in [5.74, 6) is 7.39. The molecule has 0 aliphatic carbocycles. The Morgan fingerprint density at radius 2 is 2.13 bits per heavy atom. The molecule has 0 saturated heterocycles. The zero-order chi connectivity index (χ0) is 27.0. The first kappa shape index (κ1) is 26.2. The topological polar surface area (TPSA) is 111 Å². The van der Waals surface area contributed by atoms with Gasteiger partial charge in [0.2, 0.25) is 0 Å². The van der Waals surface area contributed by atoms with Crippen LogP contribution in [0.4, 0.5) is 11.5 Å². The molecule has 1 aromatic carbocycles. The van der Waals surface area contributed by atoms with Gasteiger partial charge in [0.05, 0.1) is 30.1 Å². The highest BCUT2D eigenvalue weighted by atomic mass is 35.5. The van der Waals surface area contributed by atoms with Crippen LogP contribution in [0.25, 0.3) is 0 Å². The molecule has 1 unspecified atom stereocenters. The second kappa shape index (κ2) is 10.8. The van der Waals surface area contributed by atoms with Crippen LogP contribution in [-0.2, 0) is 25.3 Å². The van der Waals surface area contributed by atoms with Crippen molar-refractivity contribution in [2.75, 3.05) is 31.3 Å². The van der Waals surface area contributed by atoms with E-state index in [2.05, 4.69) is 27.2 Å². The molecule has 0 radical (unpaired) electrons. The molecule has 1 atom stereocenters. The van der Waals surface area contributed by atoms with E-state index in [1.54, 1.807) is 32.8 Å². The molecule has 38 heavy (non-hydrogen) atoms. The normalized spacial score (nSPS) is 16.6. The van der Waals surface area contributed by atoms with Crippen molar-refractivity contribution in [3.05, 3.63) is 56.5 Å². The summed E-state index contributed by atoms with van der Waals surface area (Å²) in [5.41, 5.74) is 13.0. The molecular weight excluding hydrogens is 522 g/mol. The summed E-state index contributed by atoms with van der Waals surface area (Å²) in [6.45, 7) is 5.87. The van der Waals surface area contributed by atoms with E-state index in [0.29, 0.717) is 35.4 Å². The van der Waals surface area contributed by atoms with Crippen molar-refractivity contribution in [1.82, 2.24) is 25.1 Å². The number of hydrogen-bond acceptors (Lipinski definition) is 8. The summed E-state index contributed by atoms with van der Waals surface area (Å²) in [4.78, 5) is 24.2. The van der Waals surface area contributed by atoms with Gasteiger partial charge in [-0.15, -0.1) is 17.7 Å². The SMILES string of the molecule is CC#Cc1cc(N)cc(C2Cc3nc(OC)nc(N4CCCn5nc(C(=O)NC)c(C)c5C4)c3CS2)c1Cl. The molecule has 11 heteroatoms. The molecule has 2 aliphatic rings. The molecule has 198 valence electrons. The third-order valence-corrected chi connectivity index (χ3v) is 8.67. The van der Waals surface area contributed by atoms with E-state index < -0.39 is 0 Å². The van der Waals surface area contributed by atoms with Crippen LogP contribution in [0.15, 0.2) is 12.1 Å². The number of rotatable bonds is 4. The van der Waals surface area contributed by atoms with Crippen molar-refractivity contribution in [3.8, 4) is 17.9 Å². The number of aryl methyl sites for hydroxylation is 1. The van der Waals surface area contributed by atoms with Crippen molar-refractivity contribution in [2.24, 2.45) is 0 Å². The summed E-state index contributed by atoms with van der Waals surface area (Å²) < 4.78 is 7.48. The first-order valence-electron chi connectivity index (χ1n) is 12.4. The summed E-state index contributed by atoms with van der Waals surface area (Å²) in [7, 11) is 3.21. The molecule has 4 heterocycles. The van der Waals surface area contributed by atoms with Crippen molar-refractivity contribution in [2.45, 2.75) is 50.8 Å². The number of amides is 1. The largest absolute Gasteiger partial charge is 0.467 e. The minimum Gasteiger partial charge on any atom is -0.467 e. The number of anilines is 2. The molecule has 2 aliphatic heterocycles. The van der Waals surface area contributed by atoms with Gasteiger partial charge in [0.1, 0.15) is 5.82 Å². The van der Waals surface area contributed by atoms with E-state index in [9.17, 15) is 4.79 Å². The fourth-order valence-electron chi connectivity index (χ4n) is 5.07. The maximum Gasteiger partial charge on any atom is 0.318 e. The standard InChI is InChI=1S/C27H30ClN7O2S/c1-5-7-16-10-17(29)11-18(23(16)28)22-12-20-19(14-38-22)25(32-27(31-20)37-4)34-8-6-9-35-21(13-34)15(2)24(33-35)26(36)30-3/h10-11,22H,6,8-9,12-14,29H2,1-4H3,(H,30,36). The van der Waals surface area contributed by atoms with Gasteiger partial charge in [-0.1, -0.05) is 17.5 Å². The third kappa shape index (κ3) is 4.76. The van der Waals surface area contributed by atoms with Crippen molar-refractivity contribution in [1.29, 1.82) is 0 Å². The Bertz CT molecular complexity index is 1480. The number of hydrogen-bond donors (Lipinski definition) is 2. The lowest BCUT2D eigenvalue weighted by atomic mass is 10.0. The lowest BCUT2D eigenvalue weighted by molar-refractivity contribution is 0.0956. The number of halogens is 1. The number of aromatic nitrogens is 4. The average molecular weight is 552 g/mol. The molecule has 0 saturated carbocycles. The van der Waals surface area contributed by atoms with Gasteiger partial charge in [0, 0.05) is 59.9 Å². The Kier molecular flexibility index (Phi) is 7.41. The van der Waals surface area contributed by atoms with Crippen molar-refractivity contribution < 1.29 is 9.53 Å². The van der Waals surface area contributed by atoms with E-state index >= 15 is 0 Å². The minimum atomic E-state index is -0.175. The highest BCUT2D eigenvalue weighted by Crippen LogP contribution is 2.46. The Hall–Kier alpha value is -3.42. The third-order valence-electron chi connectivity index (χ3n) is 6.97. The number of nitrogens with zero attached hydrogens (tertiary/aromatic N) is 5. The molecule has 9 nitrogen and oxygen atoms in total. The van der Waals surface area contributed by atoms with E-state index in [1.807, 2.05) is 23.7 Å². The summed E-state index contributed by atoms with van der Waals surface area (Å²) in [6, 6.07) is 4.09. The van der Waals surface area contributed by atoms with Crippen LogP contribution in [-0.4, -0.2) is 46.4 Å². The van der Waals surface area contributed by atoms with Crippen molar-refractivity contribution >= 4 is 40.8 Å². The molecule has 5 rings (SSSR count). The summed E-state index contributed by atoms with van der Waals surface area (Å²) in [6.07, 6.45) is 1.54. The minimum absolute atomic E-state index is 0.0753. The lowest BCUT2D eigenvalue weighted by Crippen LogP contribution is -2.27. The van der Waals surface area contributed by atoms with Gasteiger partial charge in [0.25, 0.3) is 5.91 Å². The smallest absolute Gasteiger partial charge is 0.318 e. The Morgan fingerprint density at radius 3 is 2.87 bits per heavy atom. The van der Waals surface area contributed by atoms with Gasteiger partial charge >= 0.3 is 6.01 Å². The molecule has 3 N–H and O–H groups in total. The Morgan fingerprint density at radius 1 is 1.32 bits per heavy atom. The number of nitrogen functional groups attached to an aromatic ring is 1. The zero-order valence-corrected chi connectivity index (χ0v) is 23.5. The van der Waals surface area contributed by atoms with Crippen LogP contribution >= 0.6 is 23.4 Å². The number of nitrogens with two attached hydrogens (primary N) is 1. The van der Waals surface area contributed by atoms with Crippen LogP contribution in [0.2, 0.25) is 5.02 Å². The molecule has 2 aromatic heterocycles. The zero-order valence-electron chi connectivity index (χ0n) is 21.9. The average Bonchev–Trinajstić information content (AvgIpc) is 3.08. The maximum atomic E-state index is 12.3. The molecule has 0 spiro atoms. The van der Waals surface area contributed by atoms with Gasteiger partial charge in [0.15, 0.2) is 5.69 Å². The number of fused-ring (bicyclic) bond motifs is 2. The lowest BCUT2D eigenvalue weighted by Gasteiger charge is -2.30. The highest BCUT2D eigenvalue weighted by Gasteiger charge is 2.31. The second-order valence-electron chi connectivity index (χ2n) is 9.31. The molecule has 3 aromatic rings. The number of carbonyl (C=O) groups excluding carboxylic acids is 1. The van der Waals surface area contributed by atoms with Crippen LogP contribution in [0, 0.1) is 18.8 Å². The first-order valence-corrected chi connectivity index (χ1v) is 13.9. The second-order valence-corrected chi connectivity index (χ2v) is 10.9. The van der Waals surface area contributed by atoms with Crippen LogP contribution in [0.5, 0.6) is 6.01 Å². The predicted molar refractivity (Wildman–Crippen MR) is 151 cm³/mol. The van der Waals surface area contributed by atoms with Crippen LogP contribution in [0.1, 0.15) is 62.7 Å². The number of benzene rings is 1. The Labute approximate surface area is 231 Å². The van der Waals surface area contributed by atoms with E-state index in [-0.39, 0.29) is 11.2 Å². The monoisotopic (exact) mass is 551 g/mol. The molecule has 0 fully saturated rings.